The third-order valence-electron chi connectivity index (χ3n) is 2.81. The first-order valence-electron chi connectivity index (χ1n) is 6.78. The predicted octanol–water partition coefficient (Wildman–Crippen LogP) is 4.07. The number of amides is 2. The molecule has 0 saturated heterocycles. The van der Waals surface area contributed by atoms with Gasteiger partial charge in [0.2, 0.25) is 0 Å². The van der Waals surface area contributed by atoms with Gasteiger partial charge in [-0.25, -0.2) is 9.18 Å². The Balaban J connectivity index is 1.62. The third kappa shape index (κ3) is 5.95. The molecule has 2 aromatic rings. The molecular weight excluding hydrogens is 323 g/mol. The lowest BCUT2D eigenvalue weighted by Crippen LogP contribution is -2.36. The lowest BCUT2D eigenvalue weighted by molar-refractivity contribution is 0.241. The van der Waals surface area contributed by atoms with E-state index in [9.17, 15) is 9.18 Å². The van der Waals surface area contributed by atoms with Crippen molar-refractivity contribution in [3.05, 3.63) is 64.9 Å². The number of carbonyl (C=O) groups excluding carboxylic acids is 1. The van der Waals surface area contributed by atoms with Crippen LogP contribution in [0.15, 0.2) is 53.4 Å². The maximum absolute atomic E-state index is 13.0. The molecular formula is C16H16ClFN2OS. The molecule has 0 aliphatic heterocycles. The summed E-state index contributed by atoms with van der Waals surface area (Å²) in [5.74, 6) is 0.453. The van der Waals surface area contributed by atoms with E-state index >= 15 is 0 Å². The van der Waals surface area contributed by atoms with Crippen molar-refractivity contribution < 1.29 is 9.18 Å². The molecule has 0 radical (unpaired) electrons. The molecule has 0 saturated carbocycles. The Morgan fingerprint density at radius 3 is 2.64 bits per heavy atom. The number of benzene rings is 2. The minimum Gasteiger partial charge on any atom is -0.337 e. The SMILES string of the molecule is O=C(NCCSc1ccc(Cl)cc1)NCc1cccc(F)c1. The predicted molar refractivity (Wildman–Crippen MR) is 88.8 cm³/mol. The lowest BCUT2D eigenvalue weighted by Gasteiger charge is -2.08. The van der Waals surface area contributed by atoms with Crippen molar-refractivity contribution in [3.63, 3.8) is 0 Å². The molecule has 3 nitrogen and oxygen atoms in total. The van der Waals surface area contributed by atoms with Crippen molar-refractivity contribution in [1.82, 2.24) is 10.6 Å². The molecule has 22 heavy (non-hydrogen) atoms. The zero-order valence-corrected chi connectivity index (χ0v) is 13.4. The average Bonchev–Trinajstić information content (AvgIpc) is 2.51. The Labute approximate surface area is 138 Å². The Morgan fingerprint density at radius 2 is 1.91 bits per heavy atom. The fourth-order valence-electron chi connectivity index (χ4n) is 1.76. The van der Waals surface area contributed by atoms with Crippen LogP contribution in [-0.2, 0) is 6.54 Å². The fraction of sp³-hybridized carbons (Fsp3) is 0.188. The second-order valence-electron chi connectivity index (χ2n) is 4.54. The second-order valence-corrected chi connectivity index (χ2v) is 6.15. The highest BCUT2D eigenvalue weighted by Gasteiger charge is 2.01. The normalized spacial score (nSPS) is 10.3. The topological polar surface area (TPSA) is 41.1 Å². The Bertz CT molecular complexity index is 622. The summed E-state index contributed by atoms with van der Waals surface area (Å²) in [6.45, 7) is 0.843. The zero-order chi connectivity index (χ0) is 15.8. The summed E-state index contributed by atoms with van der Waals surface area (Å²) in [5.41, 5.74) is 0.727. The Morgan fingerprint density at radius 1 is 1.14 bits per heavy atom. The minimum atomic E-state index is -0.306. The number of thioether (sulfide) groups is 1. The molecule has 0 heterocycles. The number of hydrogen-bond acceptors (Lipinski definition) is 2. The van der Waals surface area contributed by atoms with Crippen molar-refractivity contribution in [2.24, 2.45) is 0 Å². The molecule has 6 heteroatoms. The fourth-order valence-corrected chi connectivity index (χ4v) is 2.65. The molecule has 0 unspecified atom stereocenters. The van der Waals surface area contributed by atoms with E-state index in [1.807, 2.05) is 24.3 Å². The average molecular weight is 339 g/mol. The van der Waals surface area contributed by atoms with Gasteiger partial charge in [-0.2, -0.15) is 0 Å². The summed E-state index contributed by atoms with van der Waals surface area (Å²) in [7, 11) is 0. The van der Waals surface area contributed by atoms with Crippen LogP contribution in [0.5, 0.6) is 0 Å². The van der Waals surface area contributed by atoms with Gasteiger partial charge in [-0.3, -0.25) is 0 Å². The summed E-state index contributed by atoms with van der Waals surface area (Å²) < 4.78 is 13.0. The van der Waals surface area contributed by atoms with Gasteiger partial charge in [0.1, 0.15) is 5.82 Å². The van der Waals surface area contributed by atoms with E-state index in [0.29, 0.717) is 18.1 Å². The molecule has 116 valence electrons. The first kappa shape index (κ1) is 16.6. The van der Waals surface area contributed by atoms with Crippen molar-refractivity contribution in [3.8, 4) is 0 Å². The van der Waals surface area contributed by atoms with Crippen LogP contribution in [0.3, 0.4) is 0 Å². The van der Waals surface area contributed by atoms with E-state index in [1.54, 1.807) is 23.9 Å². The summed E-state index contributed by atoms with van der Waals surface area (Å²) in [5, 5.41) is 6.15. The van der Waals surface area contributed by atoms with Crippen LogP contribution in [-0.4, -0.2) is 18.3 Å². The largest absolute Gasteiger partial charge is 0.337 e. The number of halogens is 2. The maximum atomic E-state index is 13.0. The van der Waals surface area contributed by atoms with Crippen molar-refractivity contribution in [2.45, 2.75) is 11.4 Å². The third-order valence-corrected chi connectivity index (χ3v) is 4.08. The molecule has 0 fully saturated rings. The number of hydrogen-bond donors (Lipinski definition) is 2. The quantitative estimate of drug-likeness (QED) is 0.615. The standard InChI is InChI=1S/C16H16ClFN2OS/c17-13-4-6-15(7-5-13)22-9-8-19-16(21)20-11-12-2-1-3-14(18)10-12/h1-7,10H,8-9,11H2,(H2,19,20,21). The maximum Gasteiger partial charge on any atom is 0.315 e. The van der Waals surface area contributed by atoms with E-state index in [2.05, 4.69) is 10.6 Å². The van der Waals surface area contributed by atoms with Crippen LogP contribution < -0.4 is 10.6 Å². The minimum absolute atomic E-state index is 0.263. The van der Waals surface area contributed by atoms with Crippen LogP contribution in [0.2, 0.25) is 5.02 Å². The molecule has 0 spiro atoms. The van der Waals surface area contributed by atoms with Gasteiger partial charge in [-0.05, 0) is 42.0 Å². The molecule has 2 amide bonds. The van der Waals surface area contributed by atoms with Gasteiger partial charge in [-0.15, -0.1) is 11.8 Å². The number of rotatable bonds is 6. The monoisotopic (exact) mass is 338 g/mol. The highest BCUT2D eigenvalue weighted by Crippen LogP contribution is 2.19. The zero-order valence-electron chi connectivity index (χ0n) is 11.8. The molecule has 0 aromatic heterocycles. The van der Waals surface area contributed by atoms with Crippen LogP contribution in [0.25, 0.3) is 0 Å². The first-order valence-corrected chi connectivity index (χ1v) is 8.14. The van der Waals surface area contributed by atoms with E-state index in [-0.39, 0.29) is 11.8 Å². The molecule has 0 atom stereocenters. The van der Waals surface area contributed by atoms with Gasteiger partial charge < -0.3 is 10.6 Å². The highest BCUT2D eigenvalue weighted by molar-refractivity contribution is 7.99. The Kier molecular flexibility index (Phi) is 6.55. The van der Waals surface area contributed by atoms with Gasteiger partial charge >= 0.3 is 6.03 Å². The van der Waals surface area contributed by atoms with E-state index < -0.39 is 0 Å². The molecule has 2 aromatic carbocycles. The van der Waals surface area contributed by atoms with Gasteiger partial charge in [0.25, 0.3) is 0 Å². The van der Waals surface area contributed by atoms with E-state index in [1.165, 1.54) is 12.1 Å². The van der Waals surface area contributed by atoms with Gasteiger partial charge in [0.15, 0.2) is 0 Å². The molecule has 0 aliphatic rings. The number of urea groups is 1. The number of carbonyl (C=O) groups is 1. The Hall–Kier alpha value is -1.72. The van der Waals surface area contributed by atoms with Crippen molar-refractivity contribution >= 4 is 29.4 Å². The van der Waals surface area contributed by atoms with Gasteiger partial charge in [0, 0.05) is 28.8 Å². The molecule has 0 aliphatic carbocycles. The van der Waals surface area contributed by atoms with Crippen molar-refractivity contribution in [2.75, 3.05) is 12.3 Å². The smallest absolute Gasteiger partial charge is 0.315 e. The van der Waals surface area contributed by atoms with Gasteiger partial charge in [-0.1, -0.05) is 23.7 Å². The summed E-state index contributed by atoms with van der Waals surface area (Å²) >= 11 is 7.45. The van der Waals surface area contributed by atoms with Gasteiger partial charge in [0.05, 0.1) is 0 Å². The highest BCUT2D eigenvalue weighted by atomic mass is 35.5. The lowest BCUT2D eigenvalue weighted by atomic mass is 10.2. The molecule has 2 N–H and O–H groups in total. The van der Waals surface area contributed by atoms with E-state index in [4.69, 9.17) is 11.6 Å². The number of nitrogens with one attached hydrogen (secondary N) is 2. The summed E-state index contributed by atoms with van der Waals surface area (Å²) in [6, 6.07) is 13.4. The second kappa shape index (κ2) is 8.66. The van der Waals surface area contributed by atoms with Crippen LogP contribution in [0.1, 0.15) is 5.56 Å². The van der Waals surface area contributed by atoms with Crippen LogP contribution in [0.4, 0.5) is 9.18 Å². The van der Waals surface area contributed by atoms with Crippen molar-refractivity contribution in [1.29, 1.82) is 0 Å². The molecule has 2 rings (SSSR count). The molecule has 0 bridgehead atoms. The summed E-state index contributed by atoms with van der Waals surface area (Å²) in [4.78, 5) is 12.7. The van der Waals surface area contributed by atoms with Crippen LogP contribution >= 0.6 is 23.4 Å². The first-order chi connectivity index (χ1) is 10.6. The van der Waals surface area contributed by atoms with Crippen LogP contribution in [0, 0.1) is 5.82 Å². The summed E-state index contributed by atoms with van der Waals surface area (Å²) in [6.07, 6.45) is 0. The van der Waals surface area contributed by atoms with E-state index in [0.717, 1.165) is 16.2 Å².